The summed E-state index contributed by atoms with van der Waals surface area (Å²) in [5.41, 5.74) is 2.18. The van der Waals surface area contributed by atoms with Gasteiger partial charge in [0.05, 0.1) is 29.2 Å². The van der Waals surface area contributed by atoms with Gasteiger partial charge in [-0.15, -0.1) is 5.10 Å². The van der Waals surface area contributed by atoms with Crippen molar-refractivity contribution in [2.75, 3.05) is 0 Å². The number of para-hydroxylation sites is 1. The second-order valence-electron chi connectivity index (χ2n) is 7.77. The SMILES string of the molecule is Cc1nn(CC(=O)N[C@H](Cn2nnc3ccccc32)C(C)C)c(=O)c2ccccc12. The minimum Gasteiger partial charge on any atom is -0.350 e. The van der Waals surface area contributed by atoms with E-state index in [1.165, 1.54) is 4.68 Å². The standard InChI is InChI=1S/C22H24N6O2/c1-14(2)19(12-27-20-11-7-6-10-18(20)24-26-27)23-21(29)13-28-22(30)17-9-5-4-8-16(17)15(3)25-28/h4-11,14,19H,12-13H2,1-3H3,(H,23,29)/t19-/m1/s1. The largest absolute Gasteiger partial charge is 0.350 e. The molecule has 0 radical (unpaired) electrons. The predicted octanol–water partition coefficient (Wildman–Crippen LogP) is 2.29. The predicted molar refractivity (Wildman–Crippen MR) is 115 cm³/mol. The van der Waals surface area contributed by atoms with Gasteiger partial charge in [-0.1, -0.05) is 49.4 Å². The van der Waals surface area contributed by atoms with E-state index in [-0.39, 0.29) is 30.0 Å². The van der Waals surface area contributed by atoms with Gasteiger partial charge in [-0.05, 0) is 31.0 Å². The summed E-state index contributed by atoms with van der Waals surface area (Å²) >= 11 is 0. The van der Waals surface area contributed by atoms with Gasteiger partial charge in [0.2, 0.25) is 5.91 Å². The number of aryl methyl sites for hydroxylation is 1. The lowest BCUT2D eigenvalue weighted by atomic mass is 10.0. The van der Waals surface area contributed by atoms with Gasteiger partial charge < -0.3 is 5.32 Å². The maximum atomic E-state index is 12.8. The van der Waals surface area contributed by atoms with Gasteiger partial charge in [-0.2, -0.15) is 5.10 Å². The molecule has 30 heavy (non-hydrogen) atoms. The molecule has 4 rings (SSSR count). The molecule has 1 amide bonds. The van der Waals surface area contributed by atoms with Crippen LogP contribution in [0, 0.1) is 12.8 Å². The average molecular weight is 404 g/mol. The van der Waals surface area contributed by atoms with Crippen molar-refractivity contribution < 1.29 is 4.79 Å². The molecule has 0 fully saturated rings. The number of aromatic nitrogens is 5. The number of rotatable bonds is 6. The van der Waals surface area contributed by atoms with Crippen LogP contribution in [0.5, 0.6) is 0 Å². The highest BCUT2D eigenvalue weighted by Crippen LogP contribution is 2.13. The van der Waals surface area contributed by atoms with E-state index in [0.29, 0.717) is 17.6 Å². The van der Waals surface area contributed by atoms with Crippen molar-refractivity contribution >= 4 is 27.7 Å². The van der Waals surface area contributed by atoms with Crippen molar-refractivity contribution in [1.29, 1.82) is 0 Å². The number of nitrogens with one attached hydrogen (secondary N) is 1. The van der Waals surface area contributed by atoms with Crippen LogP contribution < -0.4 is 10.9 Å². The van der Waals surface area contributed by atoms with E-state index in [4.69, 9.17) is 0 Å². The zero-order valence-electron chi connectivity index (χ0n) is 17.2. The highest BCUT2D eigenvalue weighted by Gasteiger charge is 2.20. The number of benzene rings is 2. The van der Waals surface area contributed by atoms with Gasteiger partial charge in [0.25, 0.3) is 5.56 Å². The number of hydrogen-bond acceptors (Lipinski definition) is 5. The molecule has 0 saturated heterocycles. The summed E-state index contributed by atoms with van der Waals surface area (Å²) in [7, 11) is 0. The quantitative estimate of drug-likeness (QED) is 0.532. The first-order valence-electron chi connectivity index (χ1n) is 9.98. The average Bonchev–Trinajstić information content (AvgIpc) is 3.14. The van der Waals surface area contributed by atoms with Crippen LogP contribution in [0.15, 0.2) is 53.3 Å². The van der Waals surface area contributed by atoms with Gasteiger partial charge >= 0.3 is 0 Å². The molecule has 2 aromatic heterocycles. The second-order valence-corrected chi connectivity index (χ2v) is 7.77. The monoisotopic (exact) mass is 404 g/mol. The van der Waals surface area contributed by atoms with E-state index < -0.39 is 0 Å². The molecule has 0 spiro atoms. The third-order valence-electron chi connectivity index (χ3n) is 5.29. The second kappa shape index (κ2) is 8.06. The third kappa shape index (κ3) is 3.80. The summed E-state index contributed by atoms with van der Waals surface area (Å²) in [6, 6.07) is 14.8. The van der Waals surface area contributed by atoms with Crippen LogP contribution in [0.3, 0.4) is 0 Å². The highest BCUT2D eigenvalue weighted by atomic mass is 16.2. The van der Waals surface area contributed by atoms with Gasteiger partial charge in [-0.25, -0.2) is 9.36 Å². The van der Waals surface area contributed by atoms with Crippen LogP contribution in [0.4, 0.5) is 0 Å². The van der Waals surface area contributed by atoms with Crippen LogP contribution in [0.2, 0.25) is 0 Å². The number of hydrogen-bond donors (Lipinski definition) is 1. The van der Waals surface area contributed by atoms with Crippen molar-refractivity contribution in [3.63, 3.8) is 0 Å². The zero-order chi connectivity index (χ0) is 21.3. The Morgan fingerprint density at radius 1 is 1.03 bits per heavy atom. The maximum absolute atomic E-state index is 12.8. The molecule has 4 aromatic rings. The molecule has 0 aliphatic carbocycles. The van der Waals surface area contributed by atoms with Crippen molar-refractivity contribution in [2.45, 2.75) is 39.9 Å². The Kier molecular flexibility index (Phi) is 5.31. The lowest BCUT2D eigenvalue weighted by Crippen LogP contribution is -2.44. The summed E-state index contributed by atoms with van der Waals surface area (Å²) < 4.78 is 3.03. The molecule has 0 aliphatic rings. The minimum atomic E-state index is -0.269. The molecule has 2 aromatic carbocycles. The Hall–Kier alpha value is -3.55. The molecule has 0 saturated carbocycles. The van der Waals surface area contributed by atoms with Crippen molar-refractivity contribution in [1.82, 2.24) is 30.1 Å². The van der Waals surface area contributed by atoms with E-state index in [0.717, 1.165) is 16.4 Å². The number of carbonyl (C=O) groups excluding carboxylic acids is 1. The Morgan fingerprint density at radius 2 is 1.73 bits per heavy atom. The van der Waals surface area contributed by atoms with Crippen molar-refractivity contribution in [3.8, 4) is 0 Å². The minimum absolute atomic E-state index is 0.133. The van der Waals surface area contributed by atoms with E-state index in [1.807, 2.05) is 63.2 Å². The number of amides is 1. The molecule has 8 nitrogen and oxygen atoms in total. The molecular weight excluding hydrogens is 380 g/mol. The molecule has 0 aliphatic heterocycles. The Balaban J connectivity index is 1.54. The van der Waals surface area contributed by atoms with E-state index in [2.05, 4.69) is 20.7 Å². The molecule has 0 unspecified atom stereocenters. The van der Waals surface area contributed by atoms with Crippen molar-refractivity contribution in [3.05, 3.63) is 64.6 Å². The summed E-state index contributed by atoms with van der Waals surface area (Å²) in [4.78, 5) is 25.5. The fraction of sp³-hybridized carbons (Fsp3) is 0.318. The Bertz CT molecular complexity index is 1270. The first kappa shape index (κ1) is 19.8. The van der Waals surface area contributed by atoms with E-state index in [1.54, 1.807) is 10.7 Å². The molecule has 8 heteroatoms. The van der Waals surface area contributed by atoms with Crippen molar-refractivity contribution in [2.24, 2.45) is 5.92 Å². The topological polar surface area (TPSA) is 94.7 Å². The summed E-state index contributed by atoms with van der Waals surface area (Å²) in [6.07, 6.45) is 0. The van der Waals surface area contributed by atoms with Crippen LogP contribution >= 0.6 is 0 Å². The summed E-state index contributed by atoms with van der Waals surface area (Å²) in [5.74, 6) is -0.0951. The Morgan fingerprint density at radius 3 is 2.50 bits per heavy atom. The number of carbonyl (C=O) groups is 1. The normalized spacial score (nSPS) is 12.5. The smallest absolute Gasteiger partial charge is 0.275 e. The van der Waals surface area contributed by atoms with Gasteiger partial charge in [-0.3, -0.25) is 9.59 Å². The van der Waals surface area contributed by atoms with Crippen LogP contribution in [0.1, 0.15) is 19.5 Å². The molecule has 2 heterocycles. The third-order valence-corrected chi connectivity index (χ3v) is 5.29. The maximum Gasteiger partial charge on any atom is 0.275 e. The van der Waals surface area contributed by atoms with Crippen LogP contribution in [0.25, 0.3) is 21.8 Å². The lowest BCUT2D eigenvalue weighted by molar-refractivity contribution is -0.123. The highest BCUT2D eigenvalue weighted by molar-refractivity contribution is 5.83. The van der Waals surface area contributed by atoms with E-state index >= 15 is 0 Å². The molecule has 1 atom stereocenters. The molecule has 154 valence electrons. The summed E-state index contributed by atoms with van der Waals surface area (Å²) in [6.45, 7) is 6.26. The first-order valence-corrected chi connectivity index (χ1v) is 9.98. The zero-order valence-corrected chi connectivity index (χ0v) is 17.2. The van der Waals surface area contributed by atoms with Gasteiger partial charge in [0.1, 0.15) is 12.1 Å². The number of nitrogens with zero attached hydrogens (tertiary/aromatic N) is 5. The fourth-order valence-electron chi connectivity index (χ4n) is 3.56. The molecular formula is C22H24N6O2. The van der Waals surface area contributed by atoms with Crippen LogP contribution in [-0.4, -0.2) is 36.7 Å². The molecule has 0 bridgehead atoms. The van der Waals surface area contributed by atoms with Crippen LogP contribution in [-0.2, 0) is 17.9 Å². The van der Waals surface area contributed by atoms with Gasteiger partial charge in [0, 0.05) is 5.39 Å². The Labute approximate surface area is 173 Å². The lowest BCUT2D eigenvalue weighted by Gasteiger charge is -2.22. The number of fused-ring (bicyclic) bond motifs is 2. The molecule has 1 N–H and O–H groups in total. The van der Waals surface area contributed by atoms with E-state index in [9.17, 15) is 9.59 Å². The fourth-order valence-corrected chi connectivity index (χ4v) is 3.56. The van der Waals surface area contributed by atoms with Gasteiger partial charge in [0.15, 0.2) is 0 Å². The summed E-state index contributed by atoms with van der Waals surface area (Å²) in [5, 5.41) is 17.1. The first-order chi connectivity index (χ1) is 14.4.